The molecule has 1 N–H and O–H groups in total. The highest BCUT2D eigenvalue weighted by Gasteiger charge is 2.31. The summed E-state index contributed by atoms with van der Waals surface area (Å²) < 4.78 is 55.7. The van der Waals surface area contributed by atoms with Crippen LogP contribution in [0.25, 0.3) is 0 Å². The summed E-state index contributed by atoms with van der Waals surface area (Å²) in [5, 5.41) is 9.26. The van der Waals surface area contributed by atoms with E-state index in [9.17, 15) is 27.9 Å². The standard InChI is InChI=1S/C29H38F3NO6/c1-4-8-22(9-5-2)20-33(28(36)39-25-11-7-10-23(19-25)29(30,31)32)16-17-38-24-14-12-21(13-15-24)18-26(27(34)35)37-6-3/h7,10-15,19,22,26H,4-6,8-9,16-18,20H2,1-3H3,(H,34,35). The van der Waals surface area contributed by atoms with Crippen LogP contribution in [0.15, 0.2) is 48.5 Å². The van der Waals surface area contributed by atoms with Crippen LogP contribution >= 0.6 is 0 Å². The van der Waals surface area contributed by atoms with Crippen LogP contribution in [0.1, 0.15) is 57.6 Å². The Bertz CT molecular complexity index is 1020. The topological polar surface area (TPSA) is 85.3 Å². The molecule has 216 valence electrons. The Kier molecular flexibility index (Phi) is 13.1. The van der Waals surface area contributed by atoms with Crippen LogP contribution in [0.3, 0.4) is 0 Å². The molecule has 0 aliphatic rings. The molecule has 0 radical (unpaired) electrons. The Hall–Kier alpha value is -3.27. The summed E-state index contributed by atoms with van der Waals surface area (Å²) in [7, 11) is 0. The smallest absolute Gasteiger partial charge is 0.416 e. The number of carbonyl (C=O) groups excluding carboxylic acids is 1. The zero-order chi connectivity index (χ0) is 28.8. The number of carbonyl (C=O) groups is 2. The molecule has 1 atom stereocenters. The van der Waals surface area contributed by atoms with Gasteiger partial charge in [-0.1, -0.05) is 44.9 Å². The first-order valence-corrected chi connectivity index (χ1v) is 13.3. The van der Waals surface area contributed by atoms with Crippen molar-refractivity contribution in [3.05, 3.63) is 59.7 Å². The summed E-state index contributed by atoms with van der Waals surface area (Å²) in [6.45, 7) is 6.87. The zero-order valence-corrected chi connectivity index (χ0v) is 22.7. The second-order valence-electron chi connectivity index (χ2n) is 9.26. The lowest BCUT2D eigenvalue weighted by Gasteiger charge is -2.27. The van der Waals surface area contributed by atoms with E-state index in [-0.39, 0.29) is 31.2 Å². The molecule has 0 aliphatic heterocycles. The first-order valence-electron chi connectivity index (χ1n) is 13.3. The molecule has 0 heterocycles. The predicted octanol–water partition coefficient (Wildman–Crippen LogP) is 6.83. The number of aliphatic carboxylic acids is 1. The molecule has 0 aliphatic carbocycles. The third-order valence-corrected chi connectivity index (χ3v) is 6.11. The number of carboxylic acids is 1. The lowest BCUT2D eigenvalue weighted by Crippen LogP contribution is -2.40. The average molecular weight is 554 g/mol. The molecular formula is C29H38F3NO6. The molecule has 10 heteroatoms. The van der Waals surface area contributed by atoms with Crippen molar-refractivity contribution < 1.29 is 42.1 Å². The summed E-state index contributed by atoms with van der Waals surface area (Å²) in [6, 6.07) is 11.2. The maximum absolute atomic E-state index is 13.1. The summed E-state index contributed by atoms with van der Waals surface area (Å²) >= 11 is 0. The first-order chi connectivity index (χ1) is 18.6. The van der Waals surface area contributed by atoms with E-state index in [4.69, 9.17) is 14.2 Å². The van der Waals surface area contributed by atoms with E-state index >= 15 is 0 Å². The van der Waals surface area contributed by atoms with E-state index < -0.39 is 29.9 Å². The van der Waals surface area contributed by atoms with Gasteiger partial charge in [-0.25, -0.2) is 9.59 Å². The minimum absolute atomic E-state index is 0.138. The van der Waals surface area contributed by atoms with Gasteiger partial charge in [0.2, 0.25) is 0 Å². The third kappa shape index (κ3) is 11.2. The second kappa shape index (κ2) is 16.0. The van der Waals surface area contributed by atoms with Crippen LogP contribution in [0.4, 0.5) is 18.0 Å². The van der Waals surface area contributed by atoms with E-state index in [1.807, 2.05) is 0 Å². The van der Waals surface area contributed by atoms with E-state index in [2.05, 4.69) is 13.8 Å². The number of rotatable bonds is 16. The number of ether oxygens (including phenoxy) is 3. The SMILES string of the molecule is CCCC(CCC)CN(CCOc1ccc(CC(OCC)C(=O)O)cc1)C(=O)Oc1cccc(C(F)(F)F)c1. The molecule has 2 aromatic rings. The first kappa shape index (κ1) is 31.9. The van der Waals surface area contributed by atoms with Crippen molar-refractivity contribution in [2.24, 2.45) is 5.92 Å². The second-order valence-corrected chi connectivity index (χ2v) is 9.26. The minimum atomic E-state index is -4.55. The summed E-state index contributed by atoms with van der Waals surface area (Å²) in [6.07, 6.45) is -2.30. The Balaban J connectivity index is 2.06. The Morgan fingerprint density at radius 1 is 0.974 bits per heavy atom. The van der Waals surface area contributed by atoms with Gasteiger partial charge in [0.05, 0.1) is 12.1 Å². The molecule has 1 unspecified atom stereocenters. The monoisotopic (exact) mass is 553 g/mol. The fourth-order valence-corrected chi connectivity index (χ4v) is 4.24. The van der Waals surface area contributed by atoms with Gasteiger partial charge in [-0.2, -0.15) is 13.2 Å². The van der Waals surface area contributed by atoms with E-state index in [0.29, 0.717) is 18.9 Å². The molecule has 2 rings (SSSR count). The highest BCUT2D eigenvalue weighted by atomic mass is 19.4. The molecule has 0 aromatic heterocycles. The molecule has 1 amide bonds. The molecule has 0 spiro atoms. The van der Waals surface area contributed by atoms with Gasteiger partial charge in [0, 0.05) is 19.6 Å². The highest BCUT2D eigenvalue weighted by Crippen LogP contribution is 2.31. The van der Waals surface area contributed by atoms with Crippen LogP contribution in [0.5, 0.6) is 11.5 Å². The fraction of sp³-hybridized carbons (Fsp3) is 0.517. The third-order valence-electron chi connectivity index (χ3n) is 6.11. The molecule has 0 fully saturated rings. The number of hydrogen-bond donors (Lipinski definition) is 1. The van der Waals surface area contributed by atoms with Crippen molar-refractivity contribution in [3.63, 3.8) is 0 Å². The Labute approximate surface area is 227 Å². The molecule has 0 bridgehead atoms. The molecule has 39 heavy (non-hydrogen) atoms. The molecule has 2 aromatic carbocycles. The molecule has 0 saturated carbocycles. The molecule has 7 nitrogen and oxygen atoms in total. The van der Waals surface area contributed by atoms with E-state index in [0.717, 1.165) is 43.4 Å². The largest absolute Gasteiger partial charge is 0.492 e. The van der Waals surface area contributed by atoms with Gasteiger partial charge in [-0.3, -0.25) is 0 Å². The lowest BCUT2D eigenvalue weighted by atomic mass is 9.98. The van der Waals surface area contributed by atoms with Gasteiger partial charge in [0.15, 0.2) is 6.10 Å². The fourth-order valence-electron chi connectivity index (χ4n) is 4.24. The van der Waals surface area contributed by atoms with Crippen LogP contribution in [-0.2, 0) is 22.1 Å². The molecule has 0 saturated heterocycles. The zero-order valence-electron chi connectivity index (χ0n) is 22.7. The number of hydrogen-bond acceptors (Lipinski definition) is 5. The number of benzene rings is 2. The summed E-state index contributed by atoms with van der Waals surface area (Å²) in [4.78, 5) is 25.8. The van der Waals surface area contributed by atoms with E-state index in [1.165, 1.54) is 17.0 Å². The maximum Gasteiger partial charge on any atom is 0.416 e. The number of halogens is 3. The summed E-state index contributed by atoms with van der Waals surface area (Å²) in [5.74, 6) is -0.447. The number of carboxylic acid groups (broad SMARTS) is 1. The average Bonchev–Trinajstić information content (AvgIpc) is 2.88. The minimum Gasteiger partial charge on any atom is -0.492 e. The number of alkyl halides is 3. The summed E-state index contributed by atoms with van der Waals surface area (Å²) in [5.41, 5.74) is -0.117. The number of nitrogens with zero attached hydrogens (tertiary/aromatic N) is 1. The van der Waals surface area contributed by atoms with Crippen molar-refractivity contribution >= 4 is 12.1 Å². The Morgan fingerprint density at radius 2 is 1.64 bits per heavy atom. The van der Waals surface area contributed by atoms with Crippen molar-refractivity contribution in [2.75, 3.05) is 26.3 Å². The van der Waals surface area contributed by atoms with Gasteiger partial charge in [-0.15, -0.1) is 0 Å². The van der Waals surface area contributed by atoms with Crippen LogP contribution in [0.2, 0.25) is 0 Å². The normalized spacial score (nSPS) is 12.3. The Morgan fingerprint density at radius 3 is 2.21 bits per heavy atom. The van der Waals surface area contributed by atoms with Crippen LogP contribution in [-0.4, -0.2) is 54.5 Å². The predicted molar refractivity (Wildman–Crippen MR) is 141 cm³/mol. The number of amides is 1. The van der Waals surface area contributed by atoms with Gasteiger partial charge >= 0.3 is 18.2 Å². The van der Waals surface area contributed by atoms with E-state index in [1.54, 1.807) is 31.2 Å². The van der Waals surface area contributed by atoms with Crippen LogP contribution in [0, 0.1) is 5.92 Å². The van der Waals surface area contributed by atoms with Crippen molar-refractivity contribution in [1.82, 2.24) is 4.90 Å². The van der Waals surface area contributed by atoms with Crippen LogP contribution < -0.4 is 9.47 Å². The molecular weight excluding hydrogens is 515 g/mol. The quantitative estimate of drug-likeness (QED) is 0.245. The highest BCUT2D eigenvalue weighted by molar-refractivity contribution is 5.72. The van der Waals surface area contributed by atoms with Gasteiger partial charge in [0.25, 0.3) is 0 Å². The van der Waals surface area contributed by atoms with Crippen molar-refractivity contribution in [2.45, 2.75) is 65.2 Å². The maximum atomic E-state index is 13.1. The van der Waals surface area contributed by atoms with Gasteiger partial charge in [-0.05, 0) is 61.6 Å². The van der Waals surface area contributed by atoms with Crippen molar-refractivity contribution in [1.29, 1.82) is 0 Å². The van der Waals surface area contributed by atoms with Gasteiger partial charge < -0.3 is 24.2 Å². The van der Waals surface area contributed by atoms with Gasteiger partial charge in [0.1, 0.15) is 18.1 Å². The lowest BCUT2D eigenvalue weighted by molar-refractivity contribution is -0.150. The van der Waals surface area contributed by atoms with Crippen molar-refractivity contribution in [3.8, 4) is 11.5 Å².